The third kappa shape index (κ3) is 2.04. The van der Waals surface area contributed by atoms with Crippen molar-refractivity contribution in [3.05, 3.63) is 34.9 Å². The maximum absolute atomic E-state index is 10.2. The van der Waals surface area contributed by atoms with Crippen LogP contribution in [0.15, 0.2) is 24.3 Å². The molecule has 1 nitrogen and oxygen atoms in total. The Kier molecular flexibility index (Phi) is 3.34. The molecule has 0 aliphatic carbocycles. The number of benzene rings is 1. The van der Waals surface area contributed by atoms with Crippen LogP contribution in [-0.2, 0) is 5.60 Å². The largest absolute Gasteiger partial charge is 0.385 e. The average Bonchev–Trinajstić information content (AvgIpc) is 2.17. The molecule has 13 heavy (non-hydrogen) atoms. The summed E-state index contributed by atoms with van der Waals surface area (Å²) in [5.74, 6) is 0. The molecule has 0 heterocycles. The Balaban J connectivity index is 3.12. The number of aliphatic hydroxyl groups is 1. The van der Waals surface area contributed by atoms with Gasteiger partial charge in [-0.3, -0.25) is 0 Å². The number of halogens is 1. The van der Waals surface area contributed by atoms with Crippen molar-refractivity contribution in [2.75, 3.05) is 0 Å². The first-order valence-electron chi connectivity index (χ1n) is 4.61. The van der Waals surface area contributed by atoms with Gasteiger partial charge in [0.05, 0.1) is 5.60 Å². The zero-order valence-corrected chi connectivity index (χ0v) is 8.80. The van der Waals surface area contributed by atoms with E-state index < -0.39 is 5.60 Å². The Morgan fingerprint density at radius 1 is 1.23 bits per heavy atom. The molecule has 1 aromatic rings. The fourth-order valence-electron chi connectivity index (χ4n) is 1.47. The molecule has 0 fully saturated rings. The smallest absolute Gasteiger partial charge is 0.0905 e. The van der Waals surface area contributed by atoms with Crippen molar-refractivity contribution < 1.29 is 5.11 Å². The van der Waals surface area contributed by atoms with Gasteiger partial charge < -0.3 is 5.11 Å². The summed E-state index contributed by atoms with van der Waals surface area (Å²) in [6, 6.07) is 7.47. The SMILES string of the molecule is CCC(O)(CC)c1ccccc1Cl. The van der Waals surface area contributed by atoms with Crippen LogP contribution in [-0.4, -0.2) is 5.11 Å². The Bertz CT molecular complexity index is 279. The van der Waals surface area contributed by atoms with Gasteiger partial charge >= 0.3 is 0 Å². The number of hydrogen-bond acceptors (Lipinski definition) is 1. The van der Waals surface area contributed by atoms with Gasteiger partial charge in [0.15, 0.2) is 0 Å². The normalized spacial score (nSPS) is 11.7. The molecule has 0 atom stereocenters. The fraction of sp³-hybridized carbons (Fsp3) is 0.455. The van der Waals surface area contributed by atoms with E-state index in [2.05, 4.69) is 0 Å². The maximum atomic E-state index is 10.2. The highest BCUT2D eigenvalue weighted by molar-refractivity contribution is 6.31. The summed E-state index contributed by atoms with van der Waals surface area (Å²) in [4.78, 5) is 0. The molecule has 72 valence electrons. The molecule has 0 bridgehead atoms. The van der Waals surface area contributed by atoms with E-state index in [1.807, 2.05) is 38.1 Å². The number of hydrogen-bond donors (Lipinski definition) is 1. The molecule has 0 spiro atoms. The first-order chi connectivity index (χ1) is 6.14. The van der Waals surface area contributed by atoms with E-state index in [0.717, 1.165) is 5.56 Å². The molecule has 0 amide bonds. The topological polar surface area (TPSA) is 20.2 Å². The van der Waals surface area contributed by atoms with E-state index in [1.54, 1.807) is 0 Å². The van der Waals surface area contributed by atoms with Gasteiger partial charge in [-0.15, -0.1) is 0 Å². The highest BCUT2D eigenvalue weighted by Crippen LogP contribution is 2.33. The van der Waals surface area contributed by atoms with Crippen molar-refractivity contribution in [1.29, 1.82) is 0 Å². The zero-order chi connectivity index (χ0) is 9.90. The summed E-state index contributed by atoms with van der Waals surface area (Å²) in [5.41, 5.74) is 0.0693. The lowest BCUT2D eigenvalue weighted by atomic mass is 9.89. The molecule has 0 aromatic heterocycles. The van der Waals surface area contributed by atoms with E-state index in [0.29, 0.717) is 17.9 Å². The average molecular weight is 199 g/mol. The number of rotatable bonds is 3. The molecule has 0 saturated carbocycles. The van der Waals surface area contributed by atoms with Gasteiger partial charge in [0.2, 0.25) is 0 Å². The lowest BCUT2D eigenvalue weighted by molar-refractivity contribution is 0.0285. The van der Waals surface area contributed by atoms with Crippen LogP contribution in [0.25, 0.3) is 0 Å². The van der Waals surface area contributed by atoms with Gasteiger partial charge in [-0.1, -0.05) is 43.6 Å². The molecular formula is C11H15ClO. The Morgan fingerprint density at radius 2 is 1.77 bits per heavy atom. The minimum absolute atomic E-state index is 0.647. The third-order valence-corrected chi connectivity index (χ3v) is 2.87. The summed E-state index contributed by atoms with van der Waals surface area (Å²) in [6.07, 6.45) is 1.38. The monoisotopic (exact) mass is 198 g/mol. The van der Waals surface area contributed by atoms with Crippen LogP contribution in [0.3, 0.4) is 0 Å². The van der Waals surface area contributed by atoms with Crippen molar-refractivity contribution >= 4 is 11.6 Å². The Hall–Kier alpha value is -0.530. The van der Waals surface area contributed by atoms with Gasteiger partial charge in [-0.25, -0.2) is 0 Å². The van der Waals surface area contributed by atoms with Crippen molar-refractivity contribution in [2.45, 2.75) is 32.3 Å². The maximum Gasteiger partial charge on any atom is 0.0905 e. The van der Waals surface area contributed by atoms with E-state index in [1.165, 1.54) is 0 Å². The third-order valence-electron chi connectivity index (χ3n) is 2.54. The lowest BCUT2D eigenvalue weighted by Gasteiger charge is -2.26. The molecule has 1 N–H and O–H groups in total. The Morgan fingerprint density at radius 3 is 2.23 bits per heavy atom. The zero-order valence-electron chi connectivity index (χ0n) is 8.05. The van der Waals surface area contributed by atoms with Crippen LogP contribution >= 0.6 is 11.6 Å². The molecule has 0 radical (unpaired) electrons. The van der Waals surface area contributed by atoms with Crippen LogP contribution in [0, 0.1) is 0 Å². The second-order valence-corrected chi connectivity index (χ2v) is 3.63. The Labute approximate surface area is 84.4 Å². The molecule has 0 aliphatic heterocycles. The molecule has 0 aliphatic rings. The molecule has 1 aromatic carbocycles. The summed E-state index contributed by atoms with van der Waals surface area (Å²) in [7, 11) is 0. The molecule has 2 heteroatoms. The predicted molar refractivity (Wildman–Crippen MR) is 55.9 cm³/mol. The second kappa shape index (κ2) is 4.12. The molecular weight excluding hydrogens is 184 g/mol. The highest BCUT2D eigenvalue weighted by Gasteiger charge is 2.26. The minimum atomic E-state index is -0.766. The van der Waals surface area contributed by atoms with E-state index >= 15 is 0 Å². The van der Waals surface area contributed by atoms with Crippen molar-refractivity contribution in [3.8, 4) is 0 Å². The first kappa shape index (κ1) is 10.6. The van der Waals surface area contributed by atoms with Crippen LogP contribution in [0.4, 0.5) is 0 Å². The summed E-state index contributed by atoms with van der Waals surface area (Å²) in [6.45, 7) is 3.93. The van der Waals surface area contributed by atoms with Crippen LogP contribution in [0.2, 0.25) is 5.02 Å². The van der Waals surface area contributed by atoms with Crippen LogP contribution in [0.1, 0.15) is 32.3 Å². The lowest BCUT2D eigenvalue weighted by Crippen LogP contribution is -2.23. The standard InChI is InChI=1S/C11H15ClO/c1-3-11(13,4-2)9-7-5-6-8-10(9)12/h5-8,13H,3-4H2,1-2H3. The minimum Gasteiger partial charge on any atom is -0.385 e. The van der Waals surface area contributed by atoms with Gasteiger partial charge in [0.1, 0.15) is 0 Å². The van der Waals surface area contributed by atoms with Crippen molar-refractivity contribution in [2.24, 2.45) is 0 Å². The van der Waals surface area contributed by atoms with E-state index in [4.69, 9.17) is 11.6 Å². The van der Waals surface area contributed by atoms with Gasteiger partial charge in [0.25, 0.3) is 0 Å². The second-order valence-electron chi connectivity index (χ2n) is 3.22. The van der Waals surface area contributed by atoms with Crippen molar-refractivity contribution in [3.63, 3.8) is 0 Å². The highest BCUT2D eigenvalue weighted by atomic mass is 35.5. The predicted octanol–water partition coefficient (Wildman–Crippen LogP) is 3.35. The summed E-state index contributed by atoms with van der Waals surface area (Å²) < 4.78 is 0. The summed E-state index contributed by atoms with van der Waals surface area (Å²) in [5, 5.41) is 10.8. The van der Waals surface area contributed by atoms with Gasteiger partial charge in [-0.05, 0) is 18.9 Å². The molecule has 1 rings (SSSR count). The van der Waals surface area contributed by atoms with Crippen LogP contribution < -0.4 is 0 Å². The van der Waals surface area contributed by atoms with E-state index in [-0.39, 0.29) is 0 Å². The van der Waals surface area contributed by atoms with Crippen LogP contribution in [0.5, 0.6) is 0 Å². The fourth-order valence-corrected chi connectivity index (χ4v) is 1.78. The quantitative estimate of drug-likeness (QED) is 0.790. The van der Waals surface area contributed by atoms with Gasteiger partial charge in [-0.2, -0.15) is 0 Å². The van der Waals surface area contributed by atoms with Crippen molar-refractivity contribution in [1.82, 2.24) is 0 Å². The van der Waals surface area contributed by atoms with Gasteiger partial charge in [0, 0.05) is 10.6 Å². The first-order valence-corrected chi connectivity index (χ1v) is 4.99. The molecule has 0 unspecified atom stereocenters. The van der Waals surface area contributed by atoms with E-state index in [9.17, 15) is 5.11 Å². The summed E-state index contributed by atoms with van der Waals surface area (Å²) >= 11 is 6.01. The molecule has 0 saturated heterocycles.